The molecule has 1 aliphatic heterocycles. The Balaban J connectivity index is 2.35. The average Bonchev–Trinajstić information content (AvgIpc) is 2.12. The van der Waals surface area contributed by atoms with Gasteiger partial charge in [-0.3, -0.25) is 9.52 Å². The van der Waals surface area contributed by atoms with Crippen molar-refractivity contribution in [1.82, 2.24) is 4.72 Å². The van der Waals surface area contributed by atoms with Crippen LogP contribution in [0.1, 0.15) is 0 Å². The van der Waals surface area contributed by atoms with E-state index >= 15 is 0 Å². The molecule has 1 unspecified atom stereocenters. The molecule has 0 radical (unpaired) electrons. The van der Waals surface area contributed by atoms with Crippen molar-refractivity contribution in [3.8, 4) is 0 Å². The fourth-order valence-corrected chi connectivity index (χ4v) is 1.44. The van der Waals surface area contributed by atoms with Crippen molar-refractivity contribution in [1.29, 1.82) is 0 Å². The Morgan fingerprint density at radius 3 is 2.88 bits per heavy atom. The number of carboxylic acids is 1. The lowest BCUT2D eigenvalue weighted by Gasteiger charge is -1.95. The van der Waals surface area contributed by atoms with E-state index in [0.29, 0.717) is 12.3 Å². The second-order valence-electron chi connectivity index (χ2n) is 1.69. The van der Waals surface area contributed by atoms with Crippen LogP contribution in [0.4, 0.5) is 0 Å². The molecule has 8 heavy (non-hydrogen) atoms. The Bertz CT molecular complexity index is 100. The SMILES string of the molecule is O=C(O)C1CNSC1. The number of nitrogens with one attached hydrogen (secondary N) is 1. The molecule has 4 heteroatoms. The van der Waals surface area contributed by atoms with Crippen LogP contribution in [0.2, 0.25) is 0 Å². The summed E-state index contributed by atoms with van der Waals surface area (Å²) in [5, 5.41) is 8.36. The van der Waals surface area contributed by atoms with Gasteiger partial charge in [-0.15, -0.1) is 0 Å². The summed E-state index contributed by atoms with van der Waals surface area (Å²) in [6.45, 7) is 0.611. The third-order valence-electron chi connectivity index (χ3n) is 1.07. The Morgan fingerprint density at radius 1 is 1.88 bits per heavy atom. The zero-order valence-corrected chi connectivity index (χ0v) is 5.07. The van der Waals surface area contributed by atoms with Crippen LogP contribution in [0.25, 0.3) is 0 Å². The van der Waals surface area contributed by atoms with Gasteiger partial charge in [-0.05, 0) is 0 Å². The van der Waals surface area contributed by atoms with Gasteiger partial charge in [-0.1, -0.05) is 11.9 Å². The van der Waals surface area contributed by atoms with Crippen LogP contribution < -0.4 is 4.72 Å². The van der Waals surface area contributed by atoms with Crippen molar-refractivity contribution in [2.45, 2.75) is 0 Å². The minimum Gasteiger partial charge on any atom is -0.481 e. The molecule has 1 saturated heterocycles. The molecule has 0 saturated carbocycles. The van der Waals surface area contributed by atoms with E-state index in [9.17, 15) is 4.79 Å². The minimum atomic E-state index is -0.692. The molecule has 1 aliphatic rings. The van der Waals surface area contributed by atoms with Gasteiger partial charge in [-0.25, -0.2) is 0 Å². The molecule has 0 aromatic carbocycles. The van der Waals surface area contributed by atoms with Gasteiger partial charge in [0.25, 0.3) is 0 Å². The van der Waals surface area contributed by atoms with Gasteiger partial charge in [0.05, 0.1) is 5.92 Å². The lowest BCUT2D eigenvalue weighted by Crippen LogP contribution is -2.17. The van der Waals surface area contributed by atoms with Gasteiger partial charge < -0.3 is 5.11 Å². The molecule has 0 spiro atoms. The third kappa shape index (κ3) is 1.14. The van der Waals surface area contributed by atoms with E-state index in [1.807, 2.05) is 0 Å². The van der Waals surface area contributed by atoms with Crippen LogP contribution in [-0.2, 0) is 4.79 Å². The molecule has 2 N–H and O–H groups in total. The highest BCUT2D eigenvalue weighted by molar-refractivity contribution is 7.97. The van der Waals surface area contributed by atoms with E-state index in [-0.39, 0.29) is 5.92 Å². The predicted octanol–water partition coefficient (Wildman–Crippen LogP) is -0.0614. The minimum absolute atomic E-state index is 0.167. The Morgan fingerprint density at radius 2 is 2.62 bits per heavy atom. The van der Waals surface area contributed by atoms with Crippen LogP contribution in [0.5, 0.6) is 0 Å². The summed E-state index contributed by atoms with van der Waals surface area (Å²) in [7, 11) is 0. The van der Waals surface area contributed by atoms with Crippen molar-refractivity contribution >= 4 is 17.9 Å². The first-order chi connectivity index (χ1) is 3.80. The Kier molecular flexibility index (Phi) is 1.75. The number of carbonyl (C=O) groups is 1. The smallest absolute Gasteiger partial charge is 0.308 e. The zero-order valence-electron chi connectivity index (χ0n) is 4.26. The maximum Gasteiger partial charge on any atom is 0.308 e. The number of aliphatic carboxylic acids is 1. The molecule has 0 aromatic heterocycles. The van der Waals surface area contributed by atoms with Gasteiger partial charge in [0.15, 0.2) is 0 Å². The second kappa shape index (κ2) is 2.37. The summed E-state index contributed by atoms with van der Waals surface area (Å²) in [6.07, 6.45) is 0. The van der Waals surface area contributed by atoms with Crippen LogP contribution >= 0.6 is 11.9 Å². The van der Waals surface area contributed by atoms with Crippen molar-refractivity contribution in [2.75, 3.05) is 12.3 Å². The molecular weight excluding hydrogens is 126 g/mol. The van der Waals surface area contributed by atoms with Gasteiger partial charge >= 0.3 is 5.97 Å². The van der Waals surface area contributed by atoms with E-state index in [4.69, 9.17) is 5.11 Å². The topological polar surface area (TPSA) is 49.3 Å². The first-order valence-corrected chi connectivity index (χ1v) is 3.36. The first-order valence-electron chi connectivity index (χ1n) is 2.38. The number of hydrogen-bond donors (Lipinski definition) is 2. The quantitative estimate of drug-likeness (QED) is 0.492. The summed E-state index contributed by atoms with van der Waals surface area (Å²) >= 11 is 1.48. The molecule has 0 amide bonds. The fourth-order valence-electron chi connectivity index (χ4n) is 0.537. The molecule has 0 aliphatic carbocycles. The van der Waals surface area contributed by atoms with Crippen molar-refractivity contribution in [2.24, 2.45) is 5.92 Å². The molecule has 1 atom stereocenters. The Labute approximate surface area is 51.6 Å². The summed E-state index contributed by atoms with van der Waals surface area (Å²) < 4.78 is 2.89. The van der Waals surface area contributed by atoms with Crippen molar-refractivity contribution < 1.29 is 9.90 Å². The summed E-state index contributed by atoms with van der Waals surface area (Å²) in [4.78, 5) is 10.1. The van der Waals surface area contributed by atoms with Gasteiger partial charge in [-0.2, -0.15) is 0 Å². The van der Waals surface area contributed by atoms with E-state index in [1.54, 1.807) is 0 Å². The lowest BCUT2D eigenvalue weighted by molar-refractivity contribution is -0.140. The van der Waals surface area contributed by atoms with Crippen LogP contribution in [0.15, 0.2) is 0 Å². The van der Waals surface area contributed by atoms with E-state index in [0.717, 1.165) is 0 Å². The standard InChI is InChI=1S/C4H7NO2S/c6-4(7)3-1-5-8-2-3/h3,5H,1-2H2,(H,6,7). The van der Waals surface area contributed by atoms with Gasteiger partial charge in [0.1, 0.15) is 0 Å². The van der Waals surface area contributed by atoms with Crippen LogP contribution in [0, 0.1) is 5.92 Å². The third-order valence-corrected chi connectivity index (χ3v) is 2.01. The number of rotatable bonds is 1. The molecule has 46 valence electrons. The van der Waals surface area contributed by atoms with Gasteiger partial charge in [0, 0.05) is 12.3 Å². The highest BCUT2D eigenvalue weighted by Gasteiger charge is 2.21. The average molecular weight is 133 g/mol. The first kappa shape index (κ1) is 5.91. The predicted molar refractivity (Wildman–Crippen MR) is 31.6 cm³/mol. The molecule has 0 bridgehead atoms. The largest absolute Gasteiger partial charge is 0.481 e. The monoisotopic (exact) mass is 133 g/mol. The lowest BCUT2D eigenvalue weighted by atomic mass is 10.2. The highest BCUT2D eigenvalue weighted by atomic mass is 32.2. The molecule has 1 heterocycles. The van der Waals surface area contributed by atoms with E-state index in [1.165, 1.54) is 11.9 Å². The van der Waals surface area contributed by atoms with E-state index in [2.05, 4.69) is 4.72 Å². The van der Waals surface area contributed by atoms with Gasteiger partial charge in [0.2, 0.25) is 0 Å². The molecule has 0 aromatic rings. The fraction of sp³-hybridized carbons (Fsp3) is 0.750. The summed E-state index contributed by atoms with van der Waals surface area (Å²) in [5.41, 5.74) is 0. The molecule has 1 rings (SSSR count). The normalized spacial score (nSPS) is 28.2. The second-order valence-corrected chi connectivity index (χ2v) is 2.61. The molecular formula is C4H7NO2S. The highest BCUT2D eigenvalue weighted by Crippen LogP contribution is 2.12. The van der Waals surface area contributed by atoms with E-state index < -0.39 is 5.97 Å². The van der Waals surface area contributed by atoms with Crippen molar-refractivity contribution in [3.05, 3.63) is 0 Å². The summed E-state index contributed by atoms with van der Waals surface area (Å²) in [5.74, 6) is -0.155. The number of hydrogen-bond acceptors (Lipinski definition) is 3. The summed E-state index contributed by atoms with van der Waals surface area (Å²) in [6, 6.07) is 0. The molecule has 1 fully saturated rings. The number of carboxylic acid groups (broad SMARTS) is 1. The molecule has 3 nitrogen and oxygen atoms in total. The maximum atomic E-state index is 10.1. The maximum absolute atomic E-state index is 10.1. The van der Waals surface area contributed by atoms with Crippen LogP contribution in [0.3, 0.4) is 0 Å². The Hall–Kier alpha value is -0.220. The zero-order chi connectivity index (χ0) is 5.98. The van der Waals surface area contributed by atoms with Crippen LogP contribution in [-0.4, -0.2) is 23.4 Å². The van der Waals surface area contributed by atoms with Crippen molar-refractivity contribution in [3.63, 3.8) is 0 Å².